The van der Waals surface area contributed by atoms with Gasteiger partial charge in [-0.3, -0.25) is 9.35 Å². The zero-order valence-electron chi connectivity index (χ0n) is 21.1. The average Bonchev–Trinajstić information content (AvgIpc) is 2.82. The van der Waals surface area contributed by atoms with E-state index in [9.17, 15) is 33.6 Å². The molecule has 0 aliphatic heterocycles. The number of nitrogens with one attached hydrogen (secondary N) is 1. The van der Waals surface area contributed by atoms with Crippen LogP contribution in [-0.2, 0) is 19.4 Å². The van der Waals surface area contributed by atoms with Crippen LogP contribution in [0.4, 0.5) is 0 Å². The molecule has 0 saturated heterocycles. The molecule has 208 valence electrons. The standard InChI is InChI=1S/C24H47NO9S/c1-2-3-4-5-6-7-8-9-10-11-12-13-14-15-16-17-18-25-24(30)23(29)22(28)21(27)20(26)19-34-35(31,32)33/h9-10,20-23,26-29H,2-8,11-19H2,1H3,(H,25,30)(H,31,32,33)/b10-9-/t20-,21-,22+,23-/m1/s1. The molecule has 0 aromatic carbocycles. The number of allylic oxidation sites excluding steroid dienone is 2. The van der Waals surface area contributed by atoms with Gasteiger partial charge in [-0.05, 0) is 32.1 Å². The van der Waals surface area contributed by atoms with Crippen molar-refractivity contribution in [2.24, 2.45) is 0 Å². The zero-order chi connectivity index (χ0) is 26.5. The van der Waals surface area contributed by atoms with E-state index < -0.39 is 47.3 Å². The zero-order valence-corrected chi connectivity index (χ0v) is 21.9. The molecule has 0 aliphatic rings. The van der Waals surface area contributed by atoms with E-state index in [1.807, 2.05) is 0 Å². The number of hydrogen-bond acceptors (Lipinski definition) is 8. The van der Waals surface area contributed by atoms with Gasteiger partial charge in [-0.25, -0.2) is 4.18 Å². The molecule has 0 fully saturated rings. The lowest BCUT2D eigenvalue weighted by molar-refractivity contribution is -0.148. The molecule has 0 aliphatic carbocycles. The number of rotatable bonds is 23. The minimum atomic E-state index is -4.85. The number of aliphatic hydroxyl groups is 4. The van der Waals surface area contributed by atoms with Crippen LogP contribution < -0.4 is 5.32 Å². The van der Waals surface area contributed by atoms with Gasteiger partial charge in [0.15, 0.2) is 6.10 Å². The van der Waals surface area contributed by atoms with Gasteiger partial charge in [0.1, 0.15) is 18.3 Å². The van der Waals surface area contributed by atoms with Crippen molar-refractivity contribution in [2.45, 2.75) is 121 Å². The normalized spacial score (nSPS) is 15.7. The first-order valence-corrected chi connectivity index (χ1v) is 14.2. The Morgan fingerprint density at radius 3 is 1.80 bits per heavy atom. The Balaban J connectivity index is 3.73. The summed E-state index contributed by atoms with van der Waals surface area (Å²) >= 11 is 0. The van der Waals surface area contributed by atoms with Gasteiger partial charge in [0.2, 0.25) is 0 Å². The van der Waals surface area contributed by atoms with E-state index in [0.29, 0.717) is 6.42 Å². The Morgan fingerprint density at radius 2 is 1.29 bits per heavy atom. The topological polar surface area (TPSA) is 174 Å². The molecule has 0 heterocycles. The predicted molar refractivity (Wildman–Crippen MR) is 134 cm³/mol. The summed E-state index contributed by atoms with van der Waals surface area (Å²) in [6.07, 6.45) is 12.7. The fourth-order valence-corrected chi connectivity index (χ4v) is 3.82. The van der Waals surface area contributed by atoms with Crippen molar-refractivity contribution in [3.05, 3.63) is 12.2 Å². The molecule has 0 radical (unpaired) electrons. The fourth-order valence-electron chi connectivity index (χ4n) is 3.51. The highest BCUT2D eigenvalue weighted by Gasteiger charge is 2.34. The highest BCUT2D eigenvalue weighted by atomic mass is 32.3. The van der Waals surface area contributed by atoms with Crippen molar-refractivity contribution in [2.75, 3.05) is 13.2 Å². The van der Waals surface area contributed by atoms with E-state index in [-0.39, 0.29) is 6.54 Å². The number of amides is 1. The molecule has 10 nitrogen and oxygen atoms in total. The number of aliphatic hydroxyl groups excluding tert-OH is 4. The van der Waals surface area contributed by atoms with Gasteiger partial charge in [-0.1, -0.05) is 76.9 Å². The van der Waals surface area contributed by atoms with Gasteiger partial charge in [-0.2, -0.15) is 8.42 Å². The maximum absolute atomic E-state index is 11.9. The summed E-state index contributed by atoms with van der Waals surface area (Å²) in [5.41, 5.74) is 0. The second kappa shape index (κ2) is 21.0. The van der Waals surface area contributed by atoms with E-state index in [2.05, 4.69) is 28.6 Å². The van der Waals surface area contributed by atoms with Crippen molar-refractivity contribution in [1.29, 1.82) is 0 Å². The van der Waals surface area contributed by atoms with Crippen LogP contribution in [0.3, 0.4) is 0 Å². The molecular weight excluding hydrogens is 478 g/mol. The Morgan fingerprint density at radius 1 is 0.800 bits per heavy atom. The maximum atomic E-state index is 11.9. The molecule has 0 rings (SSSR count). The minimum absolute atomic E-state index is 0.286. The number of hydrogen-bond donors (Lipinski definition) is 6. The lowest BCUT2D eigenvalue weighted by Gasteiger charge is -2.25. The summed E-state index contributed by atoms with van der Waals surface area (Å²) in [5.74, 6) is -0.924. The Hall–Kier alpha value is -1.08. The van der Waals surface area contributed by atoms with Crippen molar-refractivity contribution in [3.63, 3.8) is 0 Å². The minimum Gasteiger partial charge on any atom is -0.388 e. The summed E-state index contributed by atoms with van der Waals surface area (Å²) in [4.78, 5) is 11.9. The van der Waals surface area contributed by atoms with E-state index >= 15 is 0 Å². The van der Waals surface area contributed by atoms with E-state index in [4.69, 9.17) is 4.55 Å². The van der Waals surface area contributed by atoms with Crippen LogP contribution >= 0.6 is 0 Å². The molecule has 1 amide bonds. The Bertz CT molecular complexity index is 657. The summed E-state index contributed by atoms with van der Waals surface area (Å²) in [6.45, 7) is 1.46. The summed E-state index contributed by atoms with van der Waals surface area (Å²) in [7, 11) is -4.85. The third-order valence-electron chi connectivity index (χ3n) is 5.71. The van der Waals surface area contributed by atoms with Crippen molar-refractivity contribution in [1.82, 2.24) is 5.32 Å². The first kappa shape index (κ1) is 33.9. The van der Waals surface area contributed by atoms with E-state index in [0.717, 1.165) is 38.5 Å². The molecule has 0 spiro atoms. The summed E-state index contributed by atoms with van der Waals surface area (Å²) in [5, 5.41) is 41.4. The SMILES string of the molecule is CCCCCCCC/C=C\CCCCCCCCNC(=O)[C@H](O)[C@@H](O)[C@H](O)[C@H](O)COS(=O)(=O)O. The van der Waals surface area contributed by atoms with Crippen LogP contribution in [0.1, 0.15) is 96.8 Å². The van der Waals surface area contributed by atoms with Crippen LogP contribution in [0.5, 0.6) is 0 Å². The van der Waals surface area contributed by atoms with Crippen LogP contribution in [-0.4, -0.2) is 76.9 Å². The quantitative estimate of drug-likeness (QED) is 0.0665. The average molecular weight is 526 g/mol. The van der Waals surface area contributed by atoms with Gasteiger partial charge in [0.05, 0.1) is 6.61 Å². The predicted octanol–water partition coefficient (Wildman–Crippen LogP) is 2.40. The molecule has 0 aromatic rings. The van der Waals surface area contributed by atoms with Crippen molar-refractivity contribution in [3.8, 4) is 0 Å². The van der Waals surface area contributed by atoms with E-state index in [1.165, 1.54) is 44.9 Å². The number of carbonyl (C=O) groups excluding carboxylic acids is 1. The fraction of sp³-hybridized carbons (Fsp3) is 0.875. The lowest BCUT2D eigenvalue weighted by atomic mass is 10.0. The molecule has 4 atom stereocenters. The second-order valence-corrected chi connectivity index (χ2v) is 10.0. The Labute approximate surface area is 210 Å². The molecule has 0 aromatic heterocycles. The van der Waals surface area contributed by atoms with Crippen LogP contribution in [0.25, 0.3) is 0 Å². The first-order valence-electron chi connectivity index (χ1n) is 12.9. The lowest BCUT2D eigenvalue weighted by Crippen LogP contribution is -2.52. The first-order chi connectivity index (χ1) is 16.6. The smallest absolute Gasteiger partial charge is 0.388 e. The Kier molecular flexibility index (Phi) is 20.4. The molecule has 11 heteroatoms. The third kappa shape index (κ3) is 19.7. The second-order valence-electron chi connectivity index (χ2n) is 8.93. The summed E-state index contributed by atoms with van der Waals surface area (Å²) in [6, 6.07) is 0. The van der Waals surface area contributed by atoms with Crippen LogP contribution in [0.15, 0.2) is 12.2 Å². The van der Waals surface area contributed by atoms with Crippen LogP contribution in [0, 0.1) is 0 Å². The highest BCUT2D eigenvalue weighted by Crippen LogP contribution is 2.10. The monoisotopic (exact) mass is 525 g/mol. The molecular formula is C24H47NO9S. The van der Waals surface area contributed by atoms with Gasteiger partial charge < -0.3 is 25.7 Å². The largest absolute Gasteiger partial charge is 0.397 e. The van der Waals surface area contributed by atoms with Crippen molar-refractivity contribution >= 4 is 16.3 Å². The maximum Gasteiger partial charge on any atom is 0.397 e. The third-order valence-corrected chi connectivity index (χ3v) is 6.15. The highest BCUT2D eigenvalue weighted by molar-refractivity contribution is 7.80. The molecule has 0 saturated carbocycles. The van der Waals surface area contributed by atoms with E-state index in [1.54, 1.807) is 0 Å². The molecule has 0 unspecified atom stereocenters. The molecule has 0 bridgehead atoms. The summed E-state index contributed by atoms with van der Waals surface area (Å²) < 4.78 is 33.3. The number of unbranched alkanes of at least 4 members (excludes halogenated alkanes) is 12. The van der Waals surface area contributed by atoms with Crippen molar-refractivity contribution < 1.29 is 42.4 Å². The van der Waals surface area contributed by atoms with Crippen LogP contribution in [0.2, 0.25) is 0 Å². The van der Waals surface area contributed by atoms with Gasteiger partial charge in [-0.15, -0.1) is 0 Å². The van der Waals surface area contributed by atoms with Gasteiger partial charge in [0, 0.05) is 6.54 Å². The molecule has 6 N–H and O–H groups in total. The number of carbonyl (C=O) groups is 1. The molecule has 35 heavy (non-hydrogen) atoms. The van der Waals surface area contributed by atoms with Gasteiger partial charge in [0.25, 0.3) is 5.91 Å². The van der Waals surface area contributed by atoms with Gasteiger partial charge >= 0.3 is 10.4 Å².